The van der Waals surface area contributed by atoms with Crippen molar-refractivity contribution in [3.8, 4) is 5.75 Å². The van der Waals surface area contributed by atoms with Gasteiger partial charge in [-0.2, -0.15) is 0 Å². The predicted octanol–water partition coefficient (Wildman–Crippen LogP) is 4.44. The van der Waals surface area contributed by atoms with Crippen LogP contribution in [0.15, 0.2) is 39.4 Å². The number of hydrogen-bond donors (Lipinski definition) is 1. The SMILES string of the molecule is CCCOc1ccc(C(N)c2ccoc2CC)cc1Br. The molecule has 0 saturated heterocycles. The molecule has 3 nitrogen and oxygen atoms in total. The lowest BCUT2D eigenvalue weighted by molar-refractivity contribution is 0.315. The number of aryl methyl sites for hydroxylation is 1. The zero-order valence-electron chi connectivity index (χ0n) is 11.9. The molecular weight excluding hydrogens is 318 g/mol. The van der Waals surface area contributed by atoms with E-state index in [1.54, 1.807) is 6.26 Å². The normalized spacial score (nSPS) is 12.4. The molecule has 4 heteroatoms. The number of ether oxygens (including phenoxy) is 1. The molecule has 1 unspecified atom stereocenters. The van der Waals surface area contributed by atoms with Crippen LogP contribution < -0.4 is 10.5 Å². The molecule has 0 bridgehead atoms. The fourth-order valence-corrected chi connectivity index (χ4v) is 2.65. The maximum Gasteiger partial charge on any atom is 0.133 e. The molecule has 1 heterocycles. The first-order valence-corrected chi connectivity index (χ1v) is 7.70. The van der Waals surface area contributed by atoms with E-state index in [1.165, 1.54) is 0 Å². The molecule has 108 valence electrons. The molecule has 0 amide bonds. The summed E-state index contributed by atoms with van der Waals surface area (Å²) in [6, 6.07) is 7.74. The lowest BCUT2D eigenvalue weighted by Gasteiger charge is -2.14. The summed E-state index contributed by atoms with van der Waals surface area (Å²) in [7, 11) is 0. The molecular formula is C16H20BrNO2. The largest absolute Gasteiger partial charge is 0.492 e. The Kier molecular flexibility index (Phi) is 5.26. The fourth-order valence-electron chi connectivity index (χ4n) is 2.13. The van der Waals surface area contributed by atoms with E-state index in [-0.39, 0.29) is 6.04 Å². The van der Waals surface area contributed by atoms with Crippen molar-refractivity contribution in [1.29, 1.82) is 0 Å². The summed E-state index contributed by atoms with van der Waals surface area (Å²) >= 11 is 3.54. The highest BCUT2D eigenvalue weighted by Gasteiger charge is 2.16. The molecule has 0 spiro atoms. The van der Waals surface area contributed by atoms with Crippen LogP contribution in [-0.4, -0.2) is 6.61 Å². The molecule has 2 rings (SSSR count). The summed E-state index contributed by atoms with van der Waals surface area (Å²) in [6.45, 7) is 4.86. The van der Waals surface area contributed by atoms with E-state index in [1.807, 2.05) is 24.3 Å². The molecule has 2 aromatic rings. The summed E-state index contributed by atoms with van der Waals surface area (Å²) in [5.41, 5.74) is 8.42. The smallest absolute Gasteiger partial charge is 0.133 e. The van der Waals surface area contributed by atoms with Gasteiger partial charge in [-0.05, 0) is 46.1 Å². The van der Waals surface area contributed by atoms with Gasteiger partial charge >= 0.3 is 0 Å². The average Bonchev–Trinajstić information content (AvgIpc) is 2.93. The van der Waals surface area contributed by atoms with Crippen molar-refractivity contribution in [3.63, 3.8) is 0 Å². The zero-order valence-corrected chi connectivity index (χ0v) is 13.4. The van der Waals surface area contributed by atoms with Crippen molar-refractivity contribution in [1.82, 2.24) is 0 Å². The molecule has 2 N–H and O–H groups in total. The first kappa shape index (κ1) is 15.1. The summed E-state index contributed by atoms with van der Waals surface area (Å²) in [6.07, 6.45) is 3.53. The van der Waals surface area contributed by atoms with Crippen molar-refractivity contribution >= 4 is 15.9 Å². The minimum atomic E-state index is -0.180. The molecule has 0 saturated carbocycles. The van der Waals surface area contributed by atoms with Gasteiger partial charge in [0.1, 0.15) is 11.5 Å². The van der Waals surface area contributed by atoms with Crippen molar-refractivity contribution in [2.45, 2.75) is 32.7 Å². The van der Waals surface area contributed by atoms with Gasteiger partial charge in [0, 0.05) is 12.0 Å². The van der Waals surface area contributed by atoms with Crippen LogP contribution in [0.25, 0.3) is 0 Å². The van der Waals surface area contributed by atoms with Crippen molar-refractivity contribution in [2.24, 2.45) is 5.73 Å². The van der Waals surface area contributed by atoms with Crippen molar-refractivity contribution in [2.75, 3.05) is 6.61 Å². The van der Waals surface area contributed by atoms with E-state index < -0.39 is 0 Å². The number of halogens is 1. The monoisotopic (exact) mass is 337 g/mol. The molecule has 0 aliphatic rings. The second-order valence-electron chi connectivity index (χ2n) is 4.67. The summed E-state index contributed by atoms with van der Waals surface area (Å²) < 4.78 is 12.0. The molecule has 20 heavy (non-hydrogen) atoms. The Morgan fingerprint density at radius 1 is 1.30 bits per heavy atom. The molecule has 0 radical (unpaired) electrons. The van der Waals surface area contributed by atoms with E-state index in [0.29, 0.717) is 6.61 Å². The van der Waals surface area contributed by atoms with Gasteiger partial charge in [0.15, 0.2) is 0 Å². The first-order chi connectivity index (χ1) is 9.67. The maximum atomic E-state index is 6.33. The van der Waals surface area contributed by atoms with Gasteiger partial charge in [-0.1, -0.05) is 19.9 Å². The standard InChI is InChI=1S/C16H20BrNO2/c1-3-8-19-15-6-5-11(10-13(15)17)16(18)12-7-9-20-14(12)4-2/h5-7,9-10,16H,3-4,8,18H2,1-2H3. The highest BCUT2D eigenvalue weighted by atomic mass is 79.9. The lowest BCUT2D eigenvalue weighted by Crippen LogP contribution is -2.12. The van der Waals surface area contributed by atoms with Gasteiger partial charge in [-0.15, -0.1) is 0 Å². The predicted molar refractivity (Wildman–Crippen MR) is 84.0 cm³/mol. The third kappa shape index (κ3) is 3.25. The number of furan rings is 1. The number of rotatable bonds is 6. The Bertz CT molecular complexity index is 565. The third-order valence-corrected chi connectivity index (χ3v) is 3.83. The van der Waals surface area contributed by atoms with Crippen LogP contribution in [0.2, 0.25) is 0 Å². The van der Waals surface area contributed by atoms with Gasteiger partial charge in [-0.25, -0.2) is 0 Å². The second kappa shape index (κ2) is 6.95. The van der Waals surface area contributed by atoms with Gasteiger partial charge in [-0.3, -0.25) is 0 Å². The number of hydrogen-bond acceptors (Lipinski definition) is 3. The minimum Gasteiger partial charge on any atom is -0.492 e. The van der Waals surface area contributed by atoms with Crippen LogP contribution >= 0.6 is 15.9 Å². The molecule has 1 atom stereocenters. The van der Waals surface area contributed by atoms with Gasteiger partial charge in [0.05, 0.1) is 23.4 Å². The van der Waals surface area contributed by atoms with Crippen LogP contribution in [0.1, 0.15) is 43.2 Å². The van der Waals surface area contributed by atoms with Gasteiger partial charge in [0.25, 0.3) is 0 Å². The quantitative estimate of drug-likeness (QED) is 0.847. The van der Waals surface area contributed by atoms with Crippen LogP contribution in [0.3, 0.4) is 0 Å². The Morgan fingerprint density at radius 2 is 2.10 bits per heavy atom. The Morgan fingerprint density at radius 3 is 2.75 bits per heavy atom. The lowest BCUT2D eigenvalue weighted by atomic mass is 9.99. The highest BCUT2D eigenvalue weighted by molar-refractivity contribution is 9.10. The van der Waals surface area contributed by atoms with Gasteiger partial charge in [0.2, 0.25) is 0 Å². The first-order valence-electron chi connectivity index (χ1n) is 6.91. The van der Waals surface area contributed by atoms with E-state index >= 15 is 0 Å². The molecule has 1 aromatic heterocycles. The van der Waals surface area contributed by atoms with E-state index in [2.05, 4.69) is 29.8 Å². The average molecular weight is 338 g/mol. The Hall–Kier alpha value is -1.26. The van der Waals surface area contributed by atoms with Crippen LogP contribution in [0, 0.1) is 0 Å². The van der Waals surface area contributed by atoms with Crippen LogP contribution in [0.4, 0.5) is 0 Å². The van der Waals surface area contributed by atoms with Crippen LogP contribution in [-0.2, 0) is 6.42 Å². The summed E-state index contributed by atoms with van der Waals surface area (Å²) in [5, 5.41) is 0. The Labute approximate surface area is 128 Å². The van der Waals surface area contributed by atoms with E-state index in [4.69, 9.17) is 14.9 Å². The minimum absolute atomic E-state index is 0.180. The van der Waals surface area contributed by atoms with Crippen molar-refractivity contribution in [3.05, 3.63) is 51.9 Å². The summed E-state index contributed by atoms with van der Waals surface area (Å²) in [4.78, 5) is 0. The summed E-state index contributed by atoms with van der Waals surface area (Å²) in [5.74, 6) is 1.80. The zero-order chi connectivity index (χ0) is 14.5. The highest BCUT2D eigenvalue weighted by Crippen LogP contribution is 2.31. The fraction of sp³-hybridized carbons (Fsp3) is 0.375. The number of benzene rings is 1. The molecule has 0 fully saturated rings. The topological polar surface area (TPSA) is 48.4 Å². The second-order valence-corrected chi connectivity index (χ2v) is 5.52. The molecule has 0 aliphatic heterocycles. The van der Waals surface area contributed by atoms with Crippen molar-refractivity contribution < 1.29 is 9.15 Å². The maximum absolute atomic E-state index is 6.33. The van der Waals surface area contributed by atoms with Crippen LogP contribution in [0.5, 0.6) is 5.75 Å². The molecule has 1 aromatic carbocycles. The Balaban J connectivity index is 2.23. The van der Waals surface area contributed by atoms with Gasteiger partial charge < -0.3 is 14.9 Å². The third-order valence-electron chi connectivity index (χ3n) is 3.21. The molecule has 0 aliphatic carbocycles. The number of nitrogens with two attached hydrogens (primary N) is 1. The van der Waals surface area contributed by atoms with E-state index in [0.717, 1.165) is 40.0 Å². The van der Waals surface area contributed by atoms with E-state index in [9.17, 15) is 0 Å².